The normalized spacial score (nSPS) is 18.5. The molecule has 0 aliphatic heterocycles. The fraction of sp³-hybridized carbons (Fsp3) is 0.407. The van der Waals surface area contributed by atoms with Gasteiger partial charge in [-0.1, -0.05) is 0 Å². The van der Waals surface area contributed by atoms with Crippen LogP contribution in [0.25, 0.3) is 16.3 Å². The molecule has 0 bridgehead atoms. The first-order valence-corrected chi connectivity index (χ1v) is 14.3. The van der Waals surface area contributed by atoms with Gasteiger partial charge in [0.25, 0.3) is 0 Å². The molecule has 0 saturated carbocycles. The summed E-state index contributed by atoms with van der Waals surface area (Å²) < 4.78 is 2.25. The van der Waals surface area contributed by atoms with Crippen molar-refractivity contribution < 1.29 is 22.9 Å². The fourth-order valence-electron chi connectivity index (χ4n) is 5.10. The Morgan fingerprint density at radius 3 is 2.29 bits per heavy atom. The third-order valence-electron chi connectivity index (χ3n) is 7.42. The molecule has 0 aromatic heterocycles. The predicted octanol–water partition coefficient (Wildman–Crippen LogP) is 8.24. The van der Waals surface area contributed by atoms with Gasteiger partial charge in [-0.15, -0.1) is 0 Å². The van der Waals surface area contributed by atoms with Crippen LogP contribution in [0.15, 0.2) is 62.0 Å². The van der Waals surface area contributed by atoms with E-state index in [4.69, 9.17) is 0 Å². The Labute approximate surface area is 182 Å². The van der Waals surface area contributed by atoms with Crippen LogP contribution in [0.3, 0.4) is 0 Å². The Morgan fingerprint density at radius 1 is 0.929 bits per heavy atom. The Morgan fingerprint density at radius 2 is 1.61 bits per heavy atom. The van der Waals surface area contributed by atoms with Crippen molar-refractivity contribution in [3.8, 4) is 0 Å². The third kappa shape index (κ3) is 3.05. The third-order valence-corrected chi connectivity index (χ3v) is 14.7. The van der Waals surface area contributed by atoms with Crippen molar-refractivity contribution >= 4 is 16.3 Å². The van der Waals surface area contributed by atoms with E-state index in [2.05, 4.69) is 77.9 Å². The van der Waals surface area contributed by atoms with Gasteiger partial charge in [-0.2, -0.15) is 0 Å². The topological polar surface area (TPSA) is 0 Å². The van der Waals surface area contributed by atoms with Crippen LogP contribution in [0.5, 0.6) is 0 Å². The molecule has 2 aromatic carbocycles. The van der Waals surface area contributed by atoms with E-state index in [0.717, 1.165) is 0 Å². The van der Waals surface area contributed by atoms with E-state index in [1.807, 2.05) is 3.33 Å². The maximum atomic E-state index is 2.56. The van der Waals surface area contributed by atoms with Crippen LogP contribution in [-0.4, -0.2) is 0 Å². The molecule has 0 N–H and O–H groups in total. The molecule has 0 nitrogen and oxygen atoms in total. The number of hydrogen-bond acceptors (Lipinski definition) is 0. The van der Waals surface area contributed by atoms with E-state index >= 15 is 0 Å². The van der Waals surface area contributed by atoms with Gasteiger partial charge in [0.05, 0.1) is 0 Å². The second kappa shape index (κ2) is 7.56. The van der Waals surface area contributed by atoms with Crippen LogP contribution in [0.1, 0.15) is 71.9 Å². The second-order valence-corrected chi connectivity index (χ2v) is 15.5. The molecule has 0 atom stereocenters. The minimum atomic E-state index is -1.07. The zero-order valence-electron chi connectivity index (χ0n) is 18.3. The maximum absolute atomic E-state index is 2.56. The van der Waals surface area contributed by atoms with Gasteiger partial charge >= 0.3 is 183 Å². The molecule has 144 valence electrons. The van der Waals surface area contributed by atoms with Crippen LogP contribution >= 0.6 is 0 Å². The molecule has 0 radical (unpaired) electrons. The van der Waals surface area contributed by atoms with Crippen LogP contribution < -0.4 is 0 Å². The summed E-state index contributed by atoms with van der Waals surface area (Å²) >= 11 is -1.07. The van der Waals surface area contributed by atoms with Crippen molar-refractivity contribution in [1.82, 2.24) is 0 Å². The summed E-state index contributed by atoms with van der Waals surface area (Å²) in [5.41, 5.74) is 11.4. The molecule has 2 aromatic rings. The van der Waals surface area contributed by atoms with E-state index < -0.39 is 22.9 Å². The van der Waals surface area contributed by atoms with Gasteiger partial charge in [-0.3, -0.25) is 0 Å². The molecule has 1 heteroatoms. The Hall–Kier alpha value is -1.21. The molecule has 28 heavy (non-hydrogen) atoms. The molecule has 4 rings (SSSR count). The quantitative estimate of drug-likeness (QED) is 0.339. The summed E-state index contributed by atoms with van der Waals surface area (Å²) in [5, 5.41) is 2.88. The van der Waals surface area contributed by atoms with Crippen molar-refractivity contribution in [3.63, 3.8) is 0 Å². The number of hydrogen-bond donors (Lipinski definition) is 0. The summed E-state index contributed by atoms with van der Waals surface area (Å²) in [5.74, 6) is 0. The van der Waals surface area contributed by atoms with E-state index in [1.165, 1.54) is 36.5 Å². The van der Waals surface area contributed by atoms with Gasteiger partial charge < -0.3 is 0 Å². The number of benzene rings is 2. The zero-order valence-corrected chi connectivity index (χ0v) is 21.9. The number of allylic oxidation sites excluding steroid dienone is 6. The van der Waals surface area contributed by atoms with Gasteiger partial charge in [-0.05, 0) is 0 Å². The molecule has 0 heterocycles. The summed E-state index contributed by atoms with van der Waals surface area (Å²) in [6.07, 6.45) is 5.07. The first-order valence-electron chi connectivity index (χ1n) is 10.8. The van der Waals surface area contributed by atoms with Crippen molar-refractivity contribution in [1.29, 1.82) is 0 Å². The molecule has 2 aliphatic rings. The standard InChI is InChI=1S/C17H17.C10H15.Hf/c1-2-3-6-14-11-12-15-10-9-13-7-4-5-8-16(13)17(14)15;1-6-7(2)9(4)10(5)8(6)3;/h4-5,7-10H,2-3,6,12H2,1H3;1-5H3;. The molecule has 0 unspecified atom stereocenters. The first-order chi connectivity index (χ1) is 13.4. The zero-order chi connectivity index (χ0) is 20.1. The Kier molecular flexibility index (Phi) is 5.42. The van der Waals surface area contributed by atoms with Gasteiger partial charge in [0, 0.05) is 0 Å². The van der Waals surface area contributed by atoms with E-state index in [-0.39, 0.29) is 0 Å². The van der Waals surface area contributed by atoms with Crippen LogP contribution in [0.2, 0.25) is 3.17 Å². The molecule has 0 spiro atoms. The summed E-state index contributed by atoms with van der Waals surface area (Å²) in [6, 6.07) is 13.8. The van der Waals surface area contributed by atoms with Crippen molar-refractivity contribution in [2.75, 3.05) is 0 Å². The molecular formula is C27H32Hf. The average molecular weight is 535 g/mol. The van der Waals surface area contributed by atoms with Crippen LogP contribution in [0, 0.1) is 0 Å². The molecule has 0 fully saturated rings. The fourth-order valence-corrected chi connectivity index (χ4v) is 12.4. The second-order valence-electron chi connectivity index (χ2n) is 8.81. The van der Waals surface area contributed by atoms with E-state index in [0.29, 0.717) is 3.17 Å². The number of fused-ring (bicyclic) bond motifs is 3. The van der Waals surface area contributed by atoms with Crippen molar-refractivity contribution in [3.05, 3.63) is 73.1 Å². The SMILES string of the molecule is CCCCC1=[C]([Hf][C]2(C)C(C)=C(C)C(C)=C2C)Cc2ccc3ccccc3c21. The van der Waals surface area contributed by atoms with Gasteiger partial charge in [0.15, 0.2) is 0 Å². The number of rotatable bonds is 5. The Bertz CT molecular complexity index is 1020. The van der Waals surface area contributed by atoms with Gasteiger partial charge in [0.2, 0.25) is 0 Å². The minimum absolute atomic E-state index is 0.374. The van der Waals surface area contributed by atoms with Gasteiger partial charge in [0.1, 0.15) is 0 Å². The summed E-state index contributed by atoms with van der Waals surface area (Å²) in [7, 11) is 0. The van der Waals surface area contributed by atoms with Crippen LogP contribution in [0.4, 0.5) is 0 Å². The number of unbranched alkanes of at least 4 members (excludes halogenated alkanes) is 1. The predicted molar refractivity (Wildman–Crippen MR) is 119 cm³/mol. The van der Waals surface area contributed by atoms with E-state index in [9.17, 15) is 0 Å². The average Bonchev–Trinajstić information content (AvgIpc) is 3.12. The molecule has 0 amide bonds. The van der Waals surface area contributed by atoms with Gasteiger partial charge in [-0.25, -0.2) is 0 Å². The first kappa shape index (κ1) is 20.1. The van der Waals surface area contributed by atoms with Crippen molar-refractivity contribution in [2.45, 2.75) is 70.4 Å². The van der Waals surface area contributed by atoms with Crippen LogP contribution in [-0.2, 0) is 29.3 Å². The molecule has 0 saturated heterocycles. The summed E-state index contributed by atoms with van der Waals surface area (Å²) in [6.45, 7) is 14.4. The van der Waals surface area contributed by atoms with E-state index in [1.54, 1.807) is 39.0 Å². The molecule has 2 aliphatic carbocycles. The van der Waals surface area contributed by atoms with Crippen molar-refractivity contribution in [2.24, 2.45) is 0 Å². The molecular weight excluding hydrogens is 503 g/mol. The Balaban J connectivity index is 1.84. The summed E-state index contributed by atoms with van der Waals surface area (Å²) in [4.78, 5) is 0. The monoisotopic (exact) mass is 536 g/mol.